The quantitative estimate of drug-likeness (QED) is 0.783. The molecule has 2 N–H and O–H groups in total. The highest BCUT2D eigenvalue weighted by Gasteiger charge is 2.17. The molecule has 1 aromatic heterocycles. The van der Waals surface area contributed by atoms with E-state index in [-0.39, 0.29) is 11.2 Å². The molecule has 1 amide bonds. The molecule has 1 aromatic carbocycles. The molecule has 0 aliphatic rings. The summed E-state index contributed by atoms with van der Waals surface area (Å²) in [6, 6.07) is 7.02. The Morgan fingerprint density at radius 1 is 1.38 bits per heavy atom. The van der Waals surface area contributed by atoms with Crippen molar-refractivity contribution in [2.45, 2.75) is 23.4 Å². The topological polar surface area (TPSA) is 66.9 Å². The molecule has 0 unspecified atom stereocenters. The van der Waals surface area contributed by atoms with Crippen molar-refractivity contribution in [1.82, 2.24) is 10.2 Å². The molecule has 0 aliphatic carbocycles. The molecule has 112 valence electrons. The van der Waals surface area contributed by atoms with Gasteiger partial charge in [-0.1, -0.05) is 34.7 Å². The van der Waals surface area contributed by atoms with E-state index in [4.69, 9.17) is 11.6 Å². The summed E-state index contributed by atoms with van der Waals surface area (Å²) in [4.78, 5) is 12.1. The lowest BCUT2D eigenvalue weighted by molar-refractivity contribution is -0.115. The van der Waals surface area contributed by atoms with Crippen molar-refractivity contribution >= 4 is 51.4 Å². The second kappa shape index (κ2) is 7.63. The van der Waals surface area contributed by atoms with Gasteiger partial charge in [0.15, 0.2) is 4.34 Å². The zero-order valence-corrected chi connectivity index (χ0v) is 14.0. The van der Waals surface area contributed by atoms with Gasteiger partial charge >= 0.3 is 0 Å². The Bertz CT molecular complexity index is 602. The summed E-state index contributed by atoms with van der Waals surface area (Å²) < 4.78 is 0.768. The molecule has 8 heteroatoms. The molecule has 0 aliphatic heterocycles. The molecule has 0 saturated carbocycles. The molecular formula is C13H15ClN4OS2. The van der Waals surface area contributed by atoms with Crippen LogP contribution in [0.3, 0.4) is 0 Å². The van der Waals surface area contributed by atoms with Gasteiger partial charge in [-0.25, -0.2) is 0 Å². The number of aromatic nitrogens is 2. The number of hydrogen-bond donors (Lipinski definition) is 2. The van der Waals surface area contributed by atoms with Gasteiger partial charge in [-0.05, 0) is 38.1 Å². The van der Waals surface area contributed by atoms with Gasteiger partial charge in [0.2, 0.25) is 11.0 Å². The van der Waals surface area contributed by atoms with E-state index >= 15 is 0 Å². The Balaban J connectivity index is 1.90. The predicted molar refractivity (Wildman–Crippen MR) is 89.5 cm³/mol. The van der Waals surface area contributed by atoms with Crippen LogP contribution in [-0.4, -0.2) is 27.9 Å². The number of amides is 1. The van der Waals surface area contributed by atoms with E-state index < -0.39 is 0 Å². The molecule has 0 radical (unpaired) electrons. The van der Waals surface area contributed by atoms with Crippen LogP contribution in [0.5, 0.6) is 0 Å². The van der Waals surface area contributed by atoms with Crippen molar-refractivity contribution in [3.05, 3.63) is 29.3 Å². The van der Waals surface area contributed by atoms with Gasteiger partial charge in [-0.15, -0.1) is 10.2 Å². The standard InChI is InChI=1S/C13H15ClN4OS2/c1-3-15-12-17-18-13(21-12)20-8(2)11(19)16-10-6-4-9(14)5-7-10/h4-8H,3H2,1-2H3,(H,15,17)(H,16,19)/t8-/m0/s1. The van der Waals surface area contributed by atoms with Gasteiger partial charge in [0.05, 0.1) is 5.25 Å². The van der Waals surface area contributed by atoms with E-state index in [1.807, 2.05) is 13.8 Å². The molecule has 0 saturated heterocycles. The Labute approximate surface area is 136 Å². The normalized spacial score (nSPS) is 12.0. The van der Waals surface area contributed by atoms with Crippen LogP contribution in [0.15, 0.2) is 28.6 Å². The predicted octanol–water partition coefficient (Wildman–Crippen LogP) is 3.74. The van der Waals surface area contributed by atoms with E-state index in [0.29, 0.717) is 5.02 Å². The summed E-state index contributed by atoms with van der Waals surface area (Å²) in [6.45, 7) is 4.63. The Hall–Kier alpha value is -1.31. The largest absolute Gasteiger partial charge is 0.360 e. The molecule has 0 bridgehead atoms. The number of anilines is 2. The van der Waals surface area contributed by atoms with Gasteiger partial charge in [-0.2, -0.15) is 0 Å². The van der Waals surface area contributed by atoms with Gasteiger partial charge in [0.25, 0.3) is 0 Å². The van der Waals surface area contributed by atoms with E-state index in [1.165, 1.54) is 23.1 Å². The molecule has 1 heterocycles. The van der Waals surface area contributed by atoms with E-state index in [0.717, 1.165) is 21.7 Å². The highest BCUT2D eigenvalue weighted by atomic mass is 35.5. The van der Waals surface area contributed by atoms with Gasteiger partial charge in [0.1, 0.15) is 0 Å². The van der Waals surface area contributed by atoms with Crippen LogP contribution in [-0.2, 0) is 4.79 Å². The van der Waals surface area contributed by atoms with Crippen molar-refractivity contribution < 1.29 is 4.79 Å². The Morgan fingerprint density at radius 3 is 2.76 bits per heavy atom. The first-order valence-corrected chi connectivity index (χ1v) is 8.46. The summed E-state index contributed by atoms with van der Waals surface area (Å²) in [7, 11) is 0. The molecule has 2 rings (SSSR count). The maximum absolute atomic E-state index is 12.1. The molecule has 5 nitrogen and oxygen atoms in total. The number of hydrogen-bond acceptors (Lipinski definition) is 6. The monoisotopic (exact) mass is 342 g/mol. The highest BCUT2D eigenvalue weighted by Crippen LogP contribution is 2.29. The Kier molecular flexibility index (Phi) is 5.84. The molecular weight excluding hydrogens is 328 g/mol. The lowest BCUT2D eigenvalue weighted by Gasteiger charge is -2.10. The smallest absolute Gasteiger partial charge is 0.237 e. The first-order chi connectivity index (χ1) is 10.1. The number of rotatable bonds is 6. The van der Waals surface area contributed by atoms with Gasteiger partial charge in [0, 0.05) is 17.3 Å². The molecule has 21 heavy (non-hydrogen) atoms. The maximum Gasteiger partial charge on any atom is 0.237 e. The zero-order chi connectivity index (χ0) is 15.2. The third-order valence-corrected chi connectivity index (χ3v) is 4.81. The highest BCUT2D eigenvalue weighted by molar-refractivity contribution is 8.02. The summed E-state index contributed by atoms with van der Waals surface area (Å²) in [5.74, 6) is -0.0810. The number of carbonyl (C=O) groups is 1. The van der Waals surface area contributed by atoms with Gasteiger partial charge < -0.3 is 10.6 Å². The van der Waals surface area contributed by atoms with Crippen molar-refractivity contribution in [2.24, 2.45) is 0 Å². The first-order valence-electron chi connectivity index (χ1n) is 6.39. The number of benzene rings is 1. The van der Waals surface area contributed by atoms with Crippen LogP contribution in [0, 0.1) is 0 Å². The van der Waals surface area contributed by atoms with E-state index in [2.05, 4.69) is 20.8 Å². The average Bonchev–Trinajstić information content (AvgIpc) is 2.89. The van der Waals surface area contributed by atoms with E-state index in [9.17, 15) is 4.79 Å². The number of halogens is 1. The van der Waals surface area contributed by atoms with Crippen LogP contribution < -0.4 is 10.6 Å². The number of nitrogens with one attached hydrogen (secondary N) is 2. The Morgan fingerprint density at radius 2 is 2.10 bits per heavy atom. The maximum atomic E-state index is 12.1. The number of thioether (sulfide) groups is 1. The minimum absolute atomic E-state index is 0.0810. The summed E-state index contributed by atoms with van der Waals surface area (Å²) in [5, 5.41) is 15.1. The van der Waals surface area contributed by atoms with Crippen LogP contribution in [0.25, 0.3) is 0 Å². The molecule has 1 atom stereocenters. The van der Waals surface area contributed by atoms with E-state index in [1.54, 1.807) is 24.3 Å². The first kappa shape index (κ1) is 16.1. The molecule has 0 fully saturated rings. The zero-order valence-electron chi connectivity index (χ0n) is 11.6. The van der Waals surface area contributed by atoms with Crippen molar-refractivity contribution in [3.63, 3.8) is 0 Å². The SMILES string of the molecule is CCNc1nnc(S[C@@H](C)C(=O)Nc2ccc(Cl)cc2)s1. The number of carbonyl (C=O) groups excluding carboxylic acids is 1. The van der Waals surface area contributed by atoms with Crippen molar-refractivity contribution in [3.8, 4) is 0 Å². The third-order valence-electron chi connectivity index (χ3n) is 2.49. The van der Waals surface area contributed by atoms with Crippen LogP contribution >= 0.6 is 34.7 Å². The summed E-state index contributed by atoms with van der Waals surface area (Å²) in [6.07, 6.45) is 0. The van der Waals surface area contributed by atoms with Crippen molar-refractivity contribution in [2.75, 3.05) is 17.2 Å². The van der Waals surface area contributed by atoms with Crippen LogP contribution in [0.2, 0.25) is 5.02 Å². The van der Waals surface area contributed by atoms with Crippen molar-refractivity contribution in [1.29, 1.82) is 0 Å². The minimum atomic E-state index is -0.261. The summed E-state index contributed by atoms with van der Waals surface area (Å²) in [5.41, 5.74) is 0.724. The van der Waals surface area contributed by atoms with Crippen LogP contribution in [0.1, 0.15) is 13.8 Å². The average molecular weight is 343 g/mol. The lowest BCUT2D eigenvalue weighted by atomic mass is 10.3. The van der Waals surface area contributed by atoms with Crippen LogP contribution in [0.4, 0.5) is 10.8 Å². The van der Waals surface area contributed by atoms with Gasteiger partial charge in [-0.3, -0.25) is 4.79 Å². The fourth-order valence-corrected chi connectivity index (χ4v) is 3.55. The fourth-order valence-electron chi connectivity index (χ4n) is 1.46. The second-order valence-electron chi connectivity index (χ2n) is 4.16. The number of nitrogens with zero attached hydrogens (tertiary/aromatic N) is 2. The fraction of sp³-hybridized carbons (Fsp3) is 0.308. The molecule has 0 spiro atoms. The third kappa shape index (κ3) is 4.87. The summed E-state index contributed by atoms with van der Waals surface area (Å²) >= 11 is 8.64. The molecule has 2 aromatic rings. The second-order valence-corrected chi connectivity index (χ2v) is 7.16. The lowest BCUT2D eigenvalue weighted by Crippen LogP contribution is -2.22. The minimum Gasteiger partial charge on any atom is -0.360 e.